The first kappa shape index (κ1) is 15.0. The first-order chi connectivity index (χ1) is 9.84. The van der Waals surface area contributed by atoms with Crippen LogP contribution in [0.3, 0.4) is 0 Å². The largest absolute Gasteiger partial charge is 0.495 e. The lowest BCUT2D eigenvalue weighted by atomic mass is 10.2. The first-order valence-electron chi connectivity index (χ1n) is 5.59. The van der Waals surface area contributed by atoms with E-state index in [1.54, 1.807) is 0 Å². The van der Waals surface area contributed by atoms with Crippen molar-refractivity contribution in [2.75, 3.05) is 7.11 Å². The normalized spacial score (nSPS) is 11.8. The molecule has 0 atom stereocenters. The van der Waals surface area contributed by atoms with E-state index in [0.717, 1.165) is 4.68 Å². The van der Waals surface area contributed by atoms with Gasteiger partial charge < -0.3 is 9.47 Å². The molecule has 0 unspecified atom stereocenters. The fourth-order valence-corrected chi connectivity index (χ4v) is 1.42. The Morgan fingerprint density at radius 1 is 1.29 bits per heavy atom. The summed E-state index contributed by atoms with van der Waals surface area (Å²) in [5.74, 6) is -4.27. The summed E-state index contributed by atoms with van der Waals surface area (Å²) in [6.07, 6.45) is -2.55. The van der Waals surface area contributed by atoms with E-state index in [2.05, 4.69) is 15.3 Å². The molecular formula is C11H10F4N4O2. The highest BCUT2D eigenvalue weighted by molar-refractivity contribution is 5.28. The van der Waals surface area contributed by atoms with Crippen LogP contribution in [0.1, 0.15) is 5.69 Å². The van der Waals surface area contributed by atoms with Gasteiger partial charge in [0.25, 0.3) is 0 Å². The Hall–Kier alpha value is -2.39. The third kappa shape index (κ3) is 3.03. The molecule has 0 bridgehead atoms. The van der Waals surface area contributed by atoms with Crippen LogP contribution in [0.2, 0.25) is 0 Å². The van der Waals surface area contributed by atoms with Gasteiger partial charge in [-0.1, -0.05) is 0 Å². The van der Waals surface area contributed by atoms with Crippen LogP contribution in [0.4, 0.5) is 17.6 Å². The molecule has 2 aromatic heterocycles. The molecule has 114 valence electrons. The number of hydrogen-bond donors (Lipinski definition) is 0. The highest BCUT2D eigenvalue weighted by atomic mass is 19.3. The Kier molecular flexibility index (Phi) is 3.96. The van der Waals surface area contributed by atoms with Gasteiger partial charge in [-0.15, -0.1) is 5.10 Å². The second kappa shape index (κ2) is 5.54. The summed E-state index contributed by atoms with van der Waals surface area (Å²) >= 11 is 0. The van der Waals surface area contributed by atoms with Crippen molar-refractivity contribution in [2.24, 2.45) is 7.05 Å². The summed E-state index contributed by atoms with van der Waals surface area (Å²) in [6.45, 7) is 0. The summed E-state index contributed by atoms with van der Waals surface area (Å²) in [5.41, 5.74) is -1.09. The fourth-order valence-electron chi connectivity index (χ4n) is 1.42. The van der Waals surface area contributed by atoms with Crippen LogP contribution >= 0.6 is 0 Å². The van der Waals surface area contributed by atoms with Gasteiger partial charge in [-0.25, -0.2) is 13.5 Å². The molecule has 0 saturated carbocycles. The molecule has 0 spiro atoms. The van der Waals surface area contributed by atoms with Gasteiger partial charge in [0.05, 0.1) is 13.3 Å². The number of rotatable bonds is 5. The first-order valence-corrected chi connectivity index (χ1v) is 5.59. The Morgan fingerprint density at radius 2 is 2.00 bits per heavy atom. The highest BCUT2D eigenvalue weighted by Crippen LogP contribution is 2.35. The molecule has 0 N–H and O–H groups in total. The van der Waals surface area contributed by atoms with Crippen LogP contribution in [0, 0.1) is 0 Å². The SMILES string of the molecule is COc1cnnc(Oc2cc(C(F)(F)C(F)F)nn2C)c1. The number of hydrogen-bond acceptors (Lipinski definition) is 5. The lowest BCUT2D eigenvalue weighted by Crippen LogP contribution is -2.24. The van der Waals surface area contributed by atoms with Gasteiger partial charge in [0.1, 0.15) is 11.4 Å². The van der Waals surface area contributed by atoms with E-state index < -0.39 is 18.0 Å². The third-order valence-corrected chi connectivity index (χ3v) is 2.50. The monoisotopic (exact) mass is 306 g/mol. The topological polar surface area (TPSA) is 62.1 Å². The smallest absolute Gasteiger partial charge is 0.350 e. The van der Waals surface area contributed by atoms with Crippen molar-refractivity contribution in [1.29, 1.82) is 0 Å². The predicted octanol–water partition coefficient (Wildman–Crippen LogP) is 2.37. The molecule has 0 aromatic carbocycles. The van der Waals surface area contributed by atoms with Gasteiger partial charge in [-0.05, 0) is 0 Å². The van der Waals surface area contributed by atoms with Crippen LogP contribution in [0.25, 0.3) is 0 Å². The molecule has 2 heterocycles. The van der Waals surface area contributed by atoms with Crippen molar-refractivity contribution in [2.45, 2.75) is 12.3 Å². The van der Waals surface area contributed by atoms with Crippen molar-refractivity contribution in [3.8, 4) is 17.5 Å². The Bertz CT molecular complexity index is 632. The molecule has 2 aromatic rings. The number of aryl methyl sites for hydroxylation is 1. The minimum Gasteiger partial charge on any atom is -0.495 e. The molecule has 10 heteroatoms. The van der Waals surface area contributed by atoms with Gasteiger partial charge >= 0.3 is 12.3 Å². The number of alkyl halides is 4. The average Bonchev–Trinajstić information content (AvgIpc) is 2.81. The summed E-state index contributed by atoms with van der Waals surface area (Å²) in [5, 5.41) is 10.5. The average molecular weight is 306 g/mol. The van der Waals surface area contributed by atoms with E-state index in [4.69, 9.17) is 9.47 Å². The molecule has 0 saturated heterocycles. The standard InChI is InChI=1S/C11H10F4N4O2/c1-19-9(4-7(18-19)11(14,15)10(12)13)21-8-3-6(20-2)5-16-17-8/h3-5,10H,1-2H3. The number of nitrogens with zero attached hydrogens (tertiary/aromatic N) is 4. The van der Waals surface area contributed by atoms with Crippen LogP contribution in [0.15, 0.2) is 18.3 Å². The summed E-state index contributed by atoms with van der Waals surface area (Å²) in [4.78, 5) is 0. The number of methoxy groups -OCH3 is 1. The molecule has 21 heavy (non-hydrogen) atoms. The molecule has 6 nitrogen and oxygen atoms in total. The van der Waals surface area contributed by atoms with E-state index in [0.29, 0.717) is 11.8 Å². The zero-order valence-corrected chi connectivity index (χ0v) is 10.9. The van der Waals surface area contributed by atoms with Crippen molar-refractivity contribution >= 4 is 0 Å². The third-order valence-electron chi connectivity index (χ3n) is 2.50. The van der Waals surface area contributed by atoms with Crippen molar-refractivity contribution in [3.63, 3.8) is 0 Å². The van der Waals surface area contributed by atoms with Crippen molar-refractivity contribution in [1.82, 2.24) is 20.0 Å². The molecular weight excluding hydrogens is 296 g/mol. The molecule has 0 fully saturated rings. The second-order valence-electron chi connectivity index (χ2n) is 3.95. The van der Waals surface area contributed by atoms with Crippen LogP contribution in [-0.4, -0.2) is 33.5 Å². The molecule has 2 rings (SSSR count). The summed E-state index contributed by atoms with van der Waals surface area (Å²) < 4.78 is 61.9. The quantitative estimate of drug-likeness (QED) is 0.794. The lowest BCUT2D eigenvalue weighted by molar-refractivity contribution is -0.138. The second-order valence-corrected chi connectivity index (χ2v) is 3.95. The summed E-state index contributed by atoms with van der Waals surface area (Å²) in [6, 6.07) is 2.07. The Balaban J connectivity index is 2.27. The highest BCUT2D eigenvalue weighted by Gasteiger charge is 2.45. The maximum Gasteiger partial charge on any atom is 0.350 e. The molecule has 0 radical (unpaired) electrons. The molecule has 0 aliphatic heterocycles. The number of aromatic nitrogens is 4. The number of ether oxygens (including phenoxy) is 2. The van der Waals surface area contributed by atoms with E-state index >= 15 is 0 Å². The Morgan fingerprint density at radius 3 is 2.62 bits per heavy atom. The van der Waals surface area contributed by atoms with E-state index in [1.807, 2.05) is 0 Å². The van der Waals surface area contributed by atoms with E-state index in [-0.39, 0.29) is 11.8 Å². The Labute approximate surface area is 116 Å². The van der Waals surface area contributed by atoms with Gasteiger partial charge in [-0.2, -0.15) is 19.0 Å². The van der Waals surface area contributed by atoms with Crippen LogP contribution in [-0.2, 0) is 13.0 Å². The fraction of sp³-hybridized carbons (Fsp3) is 0.364. The van der Waals surface area contributed by atoms with Gasteiger partial charge in [0.2, 0.25) is 11.8 Å². The van der Waals surface area contributed by atoms with Gasteiger partial charge in [0, 0.05) is 19.2 Å². The van der Waals surface area contributed by atoms with Gasteiger partial charge in [-0.3, -0.25) is 0 Å². The van der Waals surface area contributed by atoms with Crippen molar-refractivity contribution < 1.29 is 27.0 Å². The van der Waals surface area contributed by atoms with Crippen LogP contribution in [0.5, 0.6) is 17.5 Å². The zero-order valence-electron chi connectivity index (χ0n) is 10.9. The predicted molar refractivity (Wildman–Crippen MR) is 61.8 cm³/mol. The molecule has 0 aliphatic rings. The minimum absolute atomic E-state index is 0.0516. The number of halogens is 4. The molecule has 0 amide bonds. The van der Waals surface area contributed by atoms with Crippen molar-refractivity contribution in [3.05, 3.63) is 24.0 Å². The van der Waals surface area contributed by atoms with E-state index in [1.165, 1.54) is 26.4 Å². The van der Waals surface area contributed by atoms with Crippen LogP contribution < -0.4 is 9.47 Å². The maximum atomic E-state index is 13.2. The lowest BCUT2D eigenvalue weighted by Gasteiger charge is -2.11. The summed E-state index contributed by atoms with van der Waals surface area (Å²) in [7, 11) is 2.67. The zero-order chi connectivity index (χ0) is 15.6. The maximum absolute atomic E-state index is 13.2. The minimum atomic E-state index is -4.36. The molecule has 0 aliphatic carbocycles. The van der Waals surface area contributed by atoms with E-state index in [9.17, 15) is 17.6 Å². The van der Waals surface area contributed by atoms with Gasteiger partial charge in [0.15, 0.2) is 0 Å².